The summed E-state index contributed by atoms with van der Waals surface area (Å²) in [6.45, 7) is 6.50. The van der Waals surface area contributed by atoms with Crippen molar-refractivity contribution in [2.45, 2.75) is 271 Å². The second kappa shape index (κ2) is 50.0. The maximum Gasteiger partial charge on any atom is 0.306 e. The molecule has 61 heavy (non-hydrogen) atoms. The van der Waals surface area contributed by atoms with Crippen molar-refractivity contribution in [3.05, 3.63) is 48.6 Å². The molecule has 0 aromatic carbocycles. The smallest absolute Gasteiger partial charge is 0.306 e. The number of hydrogen-bond acceptors (Lipinski definition) is 6. The third-order valence-electron chi connectivity index (χ3n) is 11.3. The van der Waals surface area contributed by atoms with Crippen molar-refractivity contribution >= 4 is 17.9 Å². The van der Waals surface area contributed by atoms with Gasteiger partial charge in [-0.3, -0.25) is 14.4 Å². The van der Waals surface area contributed by atoms with Crippen LogP contribution in [-0.4, -0.2) is 37.2 Å². The van der Waals surface area contributed by atoms with Crippen molar-refractivity contribution in [2.75, 3.05) is 13.2 Å². The van der Waals surface area contributed by atoms with Crippen molar-refractivity contribution in [2.24, 2.45) is 0 Å². The molecule has 0 heterocycles. The number of allylic oxidation sites excluding steroid dienone is 8. The highest BCUT2D eigenvalue weighted by atomic mass is 16.6. The van der Waals surface area contributed by atoms with Crippen LogP contribution in [0.1, 0.15) is 265 Å². The summed E-state index contributed by atoms with van der Waals surface area (Å²) in [4.78, 5) is 37.9. The van der Waals surface area contributed by atoms with Crippen LogP contribution in [0, 0.1) is 0 Å². The summed E-state index contributed by atoms with van der Waals surface area (Å²) in [5.74, 6) is -0.917. The van der Waals surface area contributed by atoms with Gasteiger partial charge in [0.25, 0.3) is 0 Å². The lowest BCUT2D eigenvalue weighted by atomic mass is 10.0. The fraction of sp³-hybridized carbons (Fsp3) is 0.800. The highest BCUT2D eigenvalue weighted by Crippen LogP contribution is 2.16. The molecule has 0 saturated heterocycles. The molecule has 0 bridgehead atoms. The third-order valence-corrected chi connectivity index (χ3v) is 11.3. The SMILES string of the molecule is CC/C=C\C/C=C\C/C=C\C/C=C\CCCCC(=O)OC[C@H](COC(=O)CCCCCCCCCCCCCCCCCCC)OC(=O)CCCCCCCCCCCCC. The van der Waals surface area contributed by atoms with Crippen molar-refractivity contribution in [1.82, 2.24) is 0 Å². The van der Waals surface area contributed by atoms with Crippen LogP contribution in [-0.2, 0) is 28.6 Å². The van der Waals surface area contributed by atoms with Gasteiger partial charge in [0.05, 0.1) is 0 Å². The lowest BCUT2D eigenvalue weighted by molar-refractivity contribution is -0.167. The first kappa shape index (κ1) is 58.4. The molecular formula is C55H98O6. The van der Waals surface area contributed by atoms with Gasteiger partial charge in [0.2, 0.25) is 0 Å². The summed E-state index contributed by atoms with van der Waals surface area (Å²) >= 11 is 0. The summed E-state index contributed by atoms with van der Waals surface area (Å²) in [6.07, 6.45) is 59.6. The Morgan fingerprint density at radius 1 is 0.344 bits per heavy atom. The lowest BCUT2D eigenvalue weighted by Gasteiger charge is -2.18. The molecule has 0 amide bonds. The highest BCUT2D eigenvalue weighted by molar-refractivity contribution is 5.71. The van der Waals surface area contributed by atoms with E-state index in [1.807, 2.05) is 0 Å². The normalized spacial score (nSPS) is 12.4. The fourth-order valence-corrected chi connectivity index (χ4v) is 7.43. The van der Waals surface area contributed by atoms with Crippen molar-refractivity contribution in [3.8, 4) is 0 Å². The van der Waals surface area contributed by atoms with E-state index in [9.17, 15) is 14.4 Å². The van der Waals surface area contributed by atoms with E-state index in [1.54, 1.807) is 0 Å². The van der Waals surface area contributed by atoms with E-state index in [2.05, 4.69) is 69.4 Å². The molecule has 0 spiro atoms. The van der Waals surface area contributed by atoms with Gasteiger partial charge in [-0.1, -0.05) is 236 Å². The maximum absolute atomic E-state index is 12.8. The molecule has 0 rings (SSSR count). The minimum atomic E-state index is -0.784. The van der Waals surface area contributed by atoms with Gasteiger partial charge in [0.1, 0.15) is 13.2 Å². The second-order valence-corrected chi connectivity index (χ2v) is 17.4. The van der Waals surface area contributed by atoms with Crippen LogP contribution < -0.4 is 0 Å². The molecule has 0 radical (unpaired) electrons. The summed E-state index contributed by atoms with van der Waals surface area (Å²) in [7, 11) is 0. The minimum Gasteiger partial charge on any atom is -0.462 e. The Labute approximate surface area is 378 Å². The molecular weight excluding hydrogens is 757 g/mol. The number of rotatable bonds is 47. The highest BCUT2D eigenvalue weighted by Gasteiger charge is 2.19. The number of ether oxygens (including phenoxy) is 3. The van der Waals surface area contributed by atoms with Crippen LogP contribution in [0.5, 0.6) is 0 Å². The van der Waals surface area contributed by atoms with Crippen LogP contribution in [0.25, 0.3) is 0 Å². The Hall–Kier alpha value is -2.63. The number of unbranched alkanes of at least 4 members (excludes halogenated alkanes) is 28. The van der Waals surface area contributed by atoms with Crippen LogP contribution in [0.3, 0.4) is 0 Å². The fourth-order valence-electron chi connectivity index (χ4n) is 7.43. The largest absolute Gasteiger partial charge is 0.462 e. The molecule has 0 aliphatic carbocycles. The van der Waals surface area contributed by atoms with E-state index in [-0.39, 0.29) is 31.1 Å². The van der Waals surface area contributed by atoms with Gasteiger partial charge in [-0.2, -0.15) is 0 Å². The summed E-state index contributed by atoms with van der Waals surface area (Å²) in [6, 6.07) is 0. The van der Waals surface area contributed by atoms with E-state index in [1.165, 1.54) is 141 Å². The average molecular weight is 855 g/mol. The Kier molecular flexibility index (Phi) is 47.9. The maximum atomic E-state index is 12.8. The molecule has 0 aliphatic heterocycles. The predicted octanol–water partition coefficient (Wildman–Crippen LogP) is 17.1. The van der Waals surface area contributed by atoms with Gasteiger partial charge in [-0.15, -0.1) is 0 Å². The first-order chi connectivity index (χ1) is 30.0. The molecule has 0 unspecified atom stereocenters. The average Bonchev–Trinajstić information content (AvgIpc) is 3.26. The second-order valence-electron chi connectivity index (χ2n) is 17.4. The molecule has 354 valence electrons. The summed E-state index contributed by atoms with van der Waals surface area (Å²) in [5.41, 5.74) is 0. The first-order valence-electron chi connectivity index (χ1n) is 26.1. The van der Waals surface area contributed by atoms with E-state index in [4.69, 9.17) is 14.2 Å². The first-order valence-corrected chi connectivity index (χ1v) is 26.1. The van der Waals surface area contributed by atoms with Crippen molar-refractivity contribution in [1.29, 1.82) is 0 Å². The molecule has 0 aromatic heterocycles. The van der Waals surface area contributed by atoms with E-state index in [0.717, 1.165) is 83.5 Å². The molecule has 0 aromatic rings. The van der Waals surface area contributed by atoms with Gasteiger partial charge < -0.3 is 14.2 Å². The predicted molar refractivity (Wildman–Crippen MR) is 261 cm³/mol. The lowest BCUT2D eigenvalue weighted by Crippen LogP contribution is -2.30. The number of carbonyl (C=O) groups excluding carboxylic acids is 3. The summed E-state index contributed by atoms with van der Waals surface area (Å²) < 4.78 is 16.8. The van der Waals surface area contributed by atoms with Gasteiger partial charge in [0.15, 0.2) is 6.10 Å². The number of carbonyl (C=O) groups is 3. The molecule has 0 saturated carbocycles. The van der Waals surface area contributed by atoms with Crippen LogP contribution in [0.15, 0.2) is 48.6 Å². The standard InChI is InChI=1S/C55H98O6/c1-4-7-10-13-16-19-22-24-26-27-29-31-34-36-39-42-45-48-54(57)60-51-52(61-55(58)49-46-43-40-37-32-21-18-15-12-9-6-3)50-59-53(56)47-44-41-38-35-33-30-28-25-23-20-17-14-11-8-5-2/h8,11,17,20,25,28,33,35,52H,4-7,9-10,12-16,18-19,21-24,26-27,29-32,34,36-51H2,1-3H3/b11-8-,20-17-,28-25-,35-33-/t52-/m1/s1. The zero-order chi connectivity index (χ0) is 44.4. The van der Waals surface area contributed by atoms with Crippen LogP contribution >= 0.6 is 0 Å². The molecule has 6 heteroatoms. The number of hydrogen-bond donors (Lipinski definition) is 0. The molecule has 0 aliphatic rings. The molecule has 0 fully saturated rings. The zero-order valence-corrected chi connectivity index (χ0v) is 40.4. The van der Waals surface area contributed by atoms with Gasteiger partial charge in [-0.25, -0.2) is 0 Å². The third kappa shape index (κ3) is 48.3. The monoisotopic (exact) mass is 855 g/mol. The van der Waals surface area contributed by atoms with Crippen LogP contribution in [0.4, 0.5) is 0 Å². The Balaban J connectivity index is 4.36. The number of esters is 3. The van der Waals surface area contributed by atoms with E-state index in [0.29, 0.717) is 19.3 Å². The Morgan fingerprint density at radius 2 is 0.639 bits per heavy atom. The van der Waals surface area contributed by atoms with Gasteiger partial charge in [0, 0.05) is 19.3 Å². The molecule has 6 nitrogen and oxygen atoms in total. The quantitative estimate of drug-likeness (QED) is 0.0263. The van der Waals surface area contributed by atoms with E-state index < -0.39 is 6.10 Å². The Morgan fingerprint density at radius 3 is 1.00 bits per heavy atom. The van der Waals surface area contributed by atoms with Crippen molar-refractivity contribution < 1.29 is 28.6 Å². The van der Waals surface area contributed by atoms with Gasteiger partial charge >= 0.3 is 17.9 Å². The Bertz CT molecular complexity index is 1070. The van der Waals surface area contributed by atoms with Crippen LogP contribution in [0.2, 0.25) is 0 Å². The zero-order valence-electron chi connectivity index (χ0n) is 40.4. The van der Waals surface area contributed by atoms with Gasteiger partial charge in [-0.05, 0) is 57.8 Å². The molecule has 0 N–H and O–H groups in total. The minimum absolute atomic E-state index is 0.0824. The molecule has 1 atom stereocenters. The summed E-state index contributed by atoms with van der Waals surface area (Å²) in [5, 5.41) is 0. The van der Waals surface area contributed by atoms with Crippen molar-refractivity contribution in [3.63, 3.8) is 0 Å². The van der Waals surface area contributed by atoms with E-state index >= 15 is 0 Å². The topological polar surface area (TPSA) is 78.9 Å².